The van der Waals surface area contributed by atoms with Gasteiger partial charge in [0.05, 0.1) is 22.1 Å². The van der Waals surface area contributed by atoms with Gasteiger partial charge in [-0.05, 0) is 18.2 Å². The van der Waals surface area contributed by atoms with Gasteiger partial charge < -0.3 is 9.47 Å². The smallest absolute Gasteiger partial charge is 0.240 e. The van der Waals surface area contributed by atoms with Gasteiger partial charge in [0.15, 0.2) is 0 Å². The number of sulfonamides is 1. The molecule has 0 aliphatic carbocycles. The van der Waals surface area contributed by atoms with Gasteiger partial charge in [-0.25, -0.2) is 13.1 Å². The molecule has 0 aromatic heterocycles. The fourth-order valence-electron chi connectivity index (χ4n) is 2.02. The Bertz CT molecular complexity index is 663. The van der Waals surface area contributed by atoms with Crippen LogP contribution in [0, 0.1) is 11.3 Å². The summed E-state index contributed by atoms with van der Waals surface area (Å²) in [6.07, 6.45) is 0.625. The zero-order valence-corrected chi connectivity index (χ0v) is 13.0. The third kappa shape index (κ3) is 3.54. The molecule has 8 heteroatoms. The fraction of sp³-hybridized carbons (Fsp3) is 0.462. The van der Waals surface area contributed by atoms with Gasteiger partial charge in [0.1, 0.15) is 11.7 Å². The van der Waals surface area contributed by atoms with Gasteiger partial charge in [-0.2, -0.15) is 5.26 Å². The molecule has 0 amide bonds. The van der Waals surface area contributed by atoms with E-state index in [1.165, 1.54) is 25.3 Å². The predicted octanol–water partition coefficient (Wildman–Crippen LogP) is 1.30. The molecule has 1 saturated heterocycles. The van der Waals surface area contributed by atoms with Gasteiger partial charge in [0, 0.05) is 26.7 Å². The van der Waals surface area contributed by atoms with Crippen molar-refractivity contribution >= 4 is 21.6 Å². The van der Waals surface area contributed by atoms with Gasteiger partial charge >= 0.3 is 0 Å². The van der Waals surface area contributed by atoms with Crippen molar-refractivity contribution in [2.75, 3.05) is 26.9 Å². The van der Waals surface area contributed by atoms with E-state index >= 15 is 0 Å². The number of halogens is 1. The molecule has 0 radical (unpaired) electrons. The minimum Gasteiger partial charge on any atom is -0.378 e. The Morgan fingerprint density at radius 2 is 2.33 bits per heavy atom. The molecule has 1 unspecified atom stereocenters. The van der Waals surface area contributed by atoms with Gasteiger partial charge in [-0.3, -0.25) is 0 Å². The Morgan fingerprint density at radius 1 is 1.57 bits per heavy atom. The van der Waals surface area contributed by atoms with E-state index in [-0.39, 0.29) is 22.0 Å². The first kappa shape index (κ1) is 16.2. The summed E-state index contributed by atoms with van der Waals surface area (Å²) in [6.45, 7) is 1.00. The van der Waals surface area contributed by atoms with E-state index in [0.29, 0.717) is 19.6 Å². The molecule has 1 N–H and O–H groups in total. The molecule has 1 aliphatic rings. The Labute approximate surface area is 128 Å². The van der Waals surface area contributed by atoms with Crippen molar-refractivity contribution in [1.82, 2.24) is 4.72 Å². The number of hydrogen-bond donors (Lipinski definition) is 1. The highest BCUT2D eigenvalue weighted by molar-refractivity contribution is 7.89. The van der Waals surface area contributed by atoms with Crippen LogP contribution in [-0.4, -0.2) is 40.9 Å². The summed E-state index contributed by atoms with van der Waals surface area (Å²) in [5, 5.41) is 8.90. The third-order valence-corrected chi connectivity index (χ3v) is 5.17. The van der Waals surface area contributed by atoms with Crippen LogP contribution in [0.25, 0.3) is 0 Å². The van der Waals surface area contributed by atoms with E-state index in [1.54, 1.807) is 0 Å². The molecule has 1 aromatic carbocycles. The normalized spacial score (nSPS) is 22.1. The zero-order chi connectivity index (χ0) is 15.5. The number of nitriles is 1. The molecule has 1 aromatic rings. The summed E-state index contributed by atoms with van der Waals surface area (Å²) in [4.78, 5) is 0.0108. The van der Waals surface area contributed by atoms with E-state index in [9.17, 15) is 8.42 Å². The highest BCUT2D eigenvalue weighted by Gasteiger charge is 2.36. The highest BCUT2D eigenvalue weighted by Crippen LogP contribution is 2.23. The summed E-state index contributed by atoms with van der Waals surface area (Å²) in [5.41, 5.74) is -0.406. The molecule has 1 heterocycles. The Kier molecular flexibility index (Phi) is 4.86. The number of benzene rings is 1. The van der Waals surface area contributed by atoms with Crippen molar-refractivity contribution in [1.29, 1.82) is 5.26 Å². The first-order valence-corrected chi connectivity index (χ1v) is 8.11. The maximum atomic E-state index is 12.2. The van der Waals surface area contributed by atoms with Gasteiger partial charge in [-0.15, -0.1) is 0 Å². The lowest BCUT2D eigenvalue weighted by Gasteiger charge is -2.25. The van der Waals surface area contributed by atoms with Gasteiger partial charge in [0.25, 0.3) is 0 Å². The van der Waals surface area contributed by atoms with E-state index in [1.807, 2.05) is 6.07 Å². The van der Waals surface area contributed by atoms with Crippen molar-refractivity contribution in [2.45, 2.75) is 16.9 Å². The van der Waals surface area contributed by atoms with Crippen LogP contribution in [0.15, 0.2) is 23.1 Å². The van der Waals surface area contributed by atoms with Crippen molar-refractivity contribution in [3.63, 3.8) is 0 Å². The van der Waals surface area contributed by atoms with Crippen LogP contribution < -0.4 is 4.72 Å². The largest absolute Gasteiger partial charge is 0.378 e. The molecule has 2 rings (SSSR count). The number of nitrogens with one attached hydrogen (secondary N) is 1. The van der Waals surface area contributed by atoms with Crippen LogP contribution in [0.2, 0.25) is 5.02 Å². The molecular formula is C13H15ClN2O4S. The van der Waals surface area contributed by atoms with E-state index in [2.05, 4.69) is 4.72 Å². The number of nitrogens with zero attached hydrogens (tertiary/aromatic N) is 1. The summed E-state index contributed by atoms with van der Waals surface area (Å²) in [7, 11) is -2.19. The molecular weight excluding hydrogens is 316 g/mol. The second-order valence-corrected chi connectivity index (χ2v) is 6.94. The lowest BCUT2D eigenvalue weighted by Crippen LogP contribution is -2.44. The standard InChI is InChI=1S/C13H15ClN2O4S/c1-19-13(4-5-20-9-13)8-16-21(17,18)11-3-2-10(7-15)12(14)6-11/h2-3,6,16H,4-5,8-9H2,1H3. The third-order valence-electron chi connectivity index (χ3n) is 3.46. The molecule has 1 aliphatic heterocycles. The van der Waals surface area contributed by atoms with Crippen LogP contribution in [0.1, 0.15) is 12.0 Å². The van der Waals surface area contributed by atoms with Crippen molar-refractivity contribution in [2.24, 2.45) is 0 Å². The highest BCUT2D eigenvalue weighted by atomic mass is 35.5. The number of hydrogen-bond acceptors (Lipinski definition) is 5. The Balaban J connectivity index is 2.15. The quantitative estimate of drug-likeness (QED) is 0.879. The molecule has 21 heavy (non-hydrogen) atoms. The SMILES string of the molecule is COC1(CNS(=O)(=O)c2ccc(C#N)c(Cl)c2)CCOC1. The summed E-state index contributed by atoms with van der Waals surface area (Å²) < 4.78 is 37.6. The molecule has 114 valence electrons. The van der Waals surface area contributed by atoms with E-state index in [4.69, 9.17) is 26.3 Å². The predicted molar refractivity (Wildman–Crippen MR) is 76.5 cm³/mol. The van der Waals surface area contributed by atoms with Crippen LogP contribution in [0.5, 0.6) is 0 Å². The van der Waals surface area contributed by atoms with E-state index < -0.39 is 15.6 Å². The second-order valence-electron chi connectivity index (χ2n) is 4.77. The van der Waals surface area contributed by atoms with Crippen LogP contribution in [0.4, 0.5) is 0 Å². The minimum atomic E-state index is -3.72. The first-order chi connectivity index (χ1) is 9.92. The maximum Gasteiger partial charge on any atom is 0.240 e. The van der Waals surface area contributed by atoms with Crippen molar-refractivity contribution in [3.8, 4) is 6.07 Å². The number of methoxy groups -OCH3 is 1. The maximum absolute atomic E-state index is 12.2. The molecule has 6 nitrogen and oxygen atoms in total. The number of rotatable bonds is 5. The Morgan fingerprint density at radius 3 is 2.86 bits per heavy atom. The van der Waals surface area contributed by atoms with Crippen LogP contribution >= 0.6 is 11.6 Å². The fourth-order valence-corrected chi connectivity index (χ4v) is 3.45. The first-order valence-electron chi connectivity index (χ1n) is 6.25. The summed E-state index contributed by atoms with van der Waals surface area (Å²) in [6, 6.07) is 5.86. The van der Waals surface area contributed by atoms with Gasteiger partial charge in [0.2, 0.25) is 10.0 Å². The summed E-state index contributed by atoms with van der Waals surface area (Å²) >= 11 is 5.86. The lowest BCUT2D eigenvalue weighted by atomic mass is 10.0. The van der Waals surface area contributed by atoms with Crippen LogP contribution in [-0.2, 0) is 19.5 Å². The zero-order valence-electron chi connectivity index (χ0n) is 11.4. The second kappa shape index (κ2) is 6.30. The van der Waals surface area contributed by atoms with Gasteiger partial charge in [-0.1, -0.05) is 11.6 Å². The van der Waals surface area contributed by atoms with Crippen molar-refractivity contribution in [3.05, 3.63) is 28.8 Å². The molecule has 1 atom stereocenters. The van der Waals surface area contributed by atoms with Crippen LogP contribution in [0.3, 0.4) is 0 Å². The monoisotopic (exact) mass is 330 g/mol. The Hall–Kier alpha value is -1.17. The average Bonchev–Trinajstić information content (AvgIpc) is 2.95. The number of ether oxygens (including phenoxy) is 2. The summed E-state index contributed by atoms with van der Waals surface area (Å²) in [5.74, 6) is 0. The van der Waals surface area contributed by atoms with Crippen molar-refractivity contribution < 1.29 is 17.9 Å². The lowest BCUT2D eigenvalue weighted by molar-refractivity contribution is -0.0120. The molecule has 0 spiro atoms. The molecule has 0 bridgehead atoms. The average molecular weight is 331 g/mol. The van der Waals surface area contributed by atoms with E-state index in [0.717, 1.165) is 0 Å². The minimum absolute atomic E-state index is 0.0108. The topological polar surface area (TPSA) is 88.4 Å². The molecule has 1 fully saturated rings. The molecule has 0 saturated carbocycles.